The lowest BCUT2D eigenvalue weighted by molar-refractivity contribution is 0.0948. The predicted octanol–water partition coefficient (Wildman–Crippen LogP) is 2.17. The molecule has 1 aromatic heterocycles. The molecule has 21 heavy (non-hydrogen) atoms. The van der Waals surface area contributed by atoms with Crippen molar-refractivity contribution in [2.75, 3.05) is 6.61 Å². The first kappa shape index (κ1) is 13.4. The van der Waals surface area contributed by atoms with Crippen LogP contribution in [0.2, 0.25) is 0 Å². The van der Waals surface area contributed by atoms with E-state index in [-0.39, 0.29) is 12.5 Å². The van der Waals surface area contributed by atoms with Crippen molar-refractivity contribution in [1.29, 1.82) is 0 Å². The van der Waals surface area contributed by atoms with Crippen molar-refractivity contribution in [2.45, 2.75) is 32.2 Å². The molecular formula is C17H19NO2S. The first-order chi connectivity index (χ1) is 10.2. The number of hydrogen-bond donors (Lipinski definition) is 2. The first-order valence-electron chi connectivity index (χ1n) is 7.70. The number of aliphatic hydroxyl groups excluding tert-OH is 1. The molecule has 4 rings (SSSR count). The molecule has 1 amide bonds. The lowest BCUT2D eigenvalue weighted by Crippen LogP contribution is -2.29. The number of nitrogens with one attached hydrogen (secondary N) is 1. The maximum absolute atomic E-state index is 12.4. The van der Waals surface area contributed by atoms with Crippen molar-refractivity contribution in [3.05, 3.63) is 21.4 Å². The predicted molar refractivity (Wildman–Crippen MR) is 82.1 cm³/mol. The molecule has 110 valence electrons. The van der Waals surface area contributed by atoms with Crippen LogP contribution in [-0.4, -0.2) is 23.7 Å². The molecule has 0 aromatic carbocycles. The summed E-state index contributed by atoms with van der Waals surface area (Å²) in [6.45, 7) is 1.81. The maximum atomic E-state index is 12.4. The average Bonchev–Trinajstić information content (AvgIpc) is 2.86. The van der Waals surface area contributed by atoms with Crippen LogP contribution in [0.3, 0.4) is 0 Å². The largest absolute Gasteiger partial charge is 0.384 e. The number of fused-ring (bicyclic) bond motifs is 5. The zero-order chi connectivity index (χ0) is 14.6. The Morgan fingerprint density at radius 1 is 1.43 bits per heavy atom. The quantitative estimate of drug-likeness (QED) is 0.823. The van der Waals surface area contributed by atoms with Crippen LogP contribution < -0.4 is 5.32 Å². The van der Waals surface area contributed by atoms with Crippen LogP contribution in [0.15, 0.2) is 6.07 Å². The van der Waals surface area contributed by atoms with Gasteiger partial charge >= 0.3 is 0 Å². The van der Waals surface area contributed by atoms with E-state index in [2.05, 4.69) is 17.2 Å². The average molecular weight is 301 g/mol. The number of rotatable bonds is 2. The molecule has 0 radical (unpaired) electrons. The number of thiophene rings is 1. The van der Waals surface area contributed by atoms with Crippen LogP contribution in [0.25, 0.3) is 0 Å². The second-order valence-electron chi connectivity index (χ2n) is 6.57. The standard InChI is InChI=1S/C17H19NO2S/c1-9-7-13(21-12(9)3-2-6-19)17(20)18-16-14-10-4-5-11(8-10)15(14)16/h7,10-11,14-16,19H,4-6,8H2,1H3,(H,18,20). The maximum Gasteiger partial charge on any atom is 0.261 e. The fraction of sp³-hybridized carbons (Fsp3) is 0.588. The van der Waals surface area contributed by atoms with E-state index in [1.54, 1.807) is 0 Å². The van der Waals surface area contributed by atoms with Crippen molar-refractivity contribution < 1.29 is 9.90 Å². The van der Waals surface area contributed by atoms with Crippen LogP contribution in [0.4, 0.5) is 0 Å². The molecule has 1 aromatic rings. The monoisotopic (exact) mass is 301 g/mol. The Kier molecular flexibility index (Phi) is 3.09. The Morgan fingerprint density at radius 3 is 2.81 bits per heavy atom. The summed E-state index contributed by atoms with van der Waals surface area (Å²) in [6.07, 6.45) is 4.15. The molecule has 0 spiro atoms. The number of aryl methyl sites for hydroxylation is 1. The normalized spacial score (nSPS) is 35.0. The highest BCUT2D eigenvalue weighted by Crippen LogP contribution is 2.65. The highest BCUT2D eigenvalue weighted by molar-refractivity contribution is 7.14. The molecule has 4 atom stereocenters. The summed E-state index contributed by atoms with van der Waals surface area (Å²) >= 11 is 1.43. The van der Waals surface area contributed by atoms with E-state index in [1.807, 2.05) is 13.0 Å². The van der Waals surface area contributed by atoms with Gasteiger partial charge in [0.15, 0.2) is 0 Å². The molecule has 3 aliphatic rings. The van der Waals surface area contributed by atoms with E-state index in [4.69, 9.17) is 5.11 Å². The first-order valence-corrected chi connectivity index (χ1v) is 8.51. The van der Waals surface area contributed by atoms with E-state index < -0.39 is 0 Å². The molecular weight excluding hydrogens is 282 g/mol. The van der Waals surface area contributed by atoms with Crippen molar-refractivity contribution >= 4 is 17.2 Å². The highest BCUT2D eigenvalue weighted by atomic mass is 32.1. The summed E-state index contributed by atoms with van der Waals surface area (Å²) in [5.74, 6) is 8.90. The smallest absolute Gasteiger partial charge is 0.261 e. The third-order valence-corrected chi connectivity index (χ3v) is 6.61. The van der Waals surface area contributed by atoms with E-state index in [0.29, 0.717) is 6.04 Å². The zero-order valence-electron chi connectivity index (χ0n) is 12.1. The Morgan fingerprint density at radius 2 is 2.14 bits per heavy atom. The van der Waals surface area contributed by atoms with E-state index in [0.717, 1.165) is 39.0 Å². The van der Waals surface area contributed by atoms with Gasteiger partial charge in [-0.05, 0) is 61.5 Å². The summed E-state index contributed by atoms with van der Waals surface area (Å²) in [5, 5.41) is 12.0. The molecule has 4 heteroatoms. The minimum absolute atomic E-state index is 0.0546. The Labute approximate surface area is 128 Å². The Hall–Kier alpha value is -1.31. The highest BCUT2D eigenvalue weighted by Gasteiger charge is 2.65. The number of carbonyl (C=O) groups is 1. The second-order valence-corrected chi connectivity index (χ2v) is 7.62. The van der Waals surface area contributed by atoms with Crippen LogP contribution in [0.5, 0.6) is 0 Å². The van der Waals surface area contributed by atoms with Crippen LogP contribution in [-0.2, 0) is 0 Å². The molecule has 3 aliphatic carbocycles. The summed E-state index contributed by atoms with van der Waals surface area (Å²) in [4.78, 5) is 14.0. The molecule has 1 heterocycles. The van der Waals surface area contributed by atoms with Gasteiger partial charge in [-0.3, -0.25) is 4.79 Å². The summed E-state index contributed by atoms with van der Waals surface area (Å²) < 4.78 is 0. The number of hydrogen-bond acceptors (Lipinski definition) is 3. The Bertz CT molecular complexity index is 637. The van der Waals surface area contributed by atoms with E-state index in [9.17, 15) is 4.79 Å². The van der Waals surface area contributed by atoms with Gasteiger partial charge in [0.2, 0.25) is 0 Å². The minimum Gasteiger partial charge on any atom is -0.384 e. The van der Waals surface area contributed by atoms with Gasteiger partial charge in [-0.1, -0.05) is 11.8 Å². The summed E-state index contributed by atoms with van der Waals surface area (Å²) in [5.41, 5.74) is 1.02. The molecule has 0 aliphatic heterocycles. The lowest BCUT2D eigenvalue weighted by atomic mass is 10.0. The molecule has 4 unspecified atom stereocenters. The van der Waals surface area contributed by atoms with Gasteiger partial charge in [-0.15, -0.1) is 11.3 Å². The topological polar surface area (TPSA) is 49.3 Å². The molecule has 3 fully saturated rings. The number of amides is 1. The van der Waals surface area contributed by atoms with Gasteiger partial charge in [0.25, 0.3) is 5.91 Å². The van der Waals surface area contributed by atoms with Crippen molar-refractivity contribution in [2.24, 2.45) is 23.7 Å². The van der Waals surface area contributed by atoms with Crippen molar-refractivity contribution in [3.8, 4) is 11.8 Å². The second kappa shape index (κ2) is 4.86. The van der Waals surface area contributed by atoms with Gasteiger partial charge in [0.1, 0.15) is 6.61 Å². The number of aliphatic hydroxyl groups is 1. The van der Waals surface area contributed by atoms with Gasteiger partial charge in [-0.25, -0.2) is 0 Å². The Balaban J connectivity index is 1.44. The summed E-state index contributed by atoms with van der Waals surface area (Å²) in [7, 11) is 0. The third-order valence-electron chi connectivity index (χ3n) is 5.46. The van der Waals surface area contributed by atoms with Crippen molar-refractivity contribution in [3.63, 3.8) is 0 Å². The summed E-state index contributed by atoms with van der Waals surface area (Å²) in [6, 6.07) is 2.34. The van der Waals surface area contributed by atoms with E-state index in [1.165, 1.54) is 30.6 Å². The third kappa shape index (κ3) is 2.11. The molecule has 2 N–H and O–H groups in total. The molecule has 0 saturated heterocycles. The molecule has 3 nitrogen and oxygen atoms in total. The van der Waals surface area contributed by atoms with Crippen LogP contribution >= 0.6 is 11.3 Å². The number of carbonyl (C=O) groups excluding carboxylic acids is 1. The van der Waals surface area contributed by atoms with Crippen LogP contribution in [0, 0.1) is 42.4 Å². The van der Waals surface area contributed by atoms with Crippen LogP contribution in [0.1, 0.15) is 39.4 Å². The van der Waals surface area contributed by atoms with Gasteiger partial charge in [0.05, 0.1) is 9.75 Å². The fourth-order valence-corrected chi connectivity index (χ4v) is 5.53. The lowest BCUT2D eigenvalue weighted by Gasteiger charge is -2.09. The SMILES string of the molecule is Cc1cc(C(=O)NC2C3C4CCC(C4)C23)sc1C#CCO. The van der Waals surface area contributed by atoms with Gasteiger partial charge in [0, 0.05) is 6.04 Å². The zero-order valence-corrected chi connectivity index (χ0v) is 12.9. The van der Waals surface area contributed by atoms with Gasteiger partial charge in [-0.2, -0.15) is 0 Å². The molecule has 2 bridgehead atoms. The minimum atomic E-state index is -0.146. The fourth-order valence-electron chi connectivity index (χ4n) is 4.58. The van der Waals surface area contributed by atoms with Crippen molar-refractivity contribution in [1.82, 2.24) is 5.32 Å². The van der Waals surface area contributed by atoms with E-state index >= 15 is 0 Å². The van der Waals surface area contributed by atoms with Gasteiger partial charge < -0.3 is 10.4 Å². The molecule has 3 saturated carbocycles.